The van der Waals surface area contributed by atoms with Crippen LogP contribution in [-0.4, -0.2) is 49.2 Å². The van der Waals surface area contributed by atoms with Gasteiger partial charge < -0.3 is 25.3 Å². The number of hydrogen-bond acceptors (Lipinski definition) is 7. The highest BCUT2D eigenvalue weighted by Gasteiger charge is 2.18. The van der Waals surface area contributed by atoms with Gasteiger partial charge in [0.15, 0.2) is 0 Å². The van der Waals surface area contributed by atoms with E-state index in [4.69, 9.17) is 4.98 Å². The normalized spacial score (nSPS) is 14.7. The van der Waals surface area contributed by atoms with Crippen molar-refractivity contribution in [2.45, 2.75) is 18.9 Å². The van der Waals surface area contributed by atoms with Crippen molar-refractivity contribution in [3.8, 4) is 11.3 Å². The molecule has 1 aliphatic rings. The summed E-state index contributed by atoms with van der Waals surface area (Å²) in [6, 6.07) is 11.5. The average Bonchev–Trinajstić information content (AvgIpc) is 3.34. The van der Waals surface area contributed by atoms with Gasteiger partial charge in [-0.25, -0.2) is 15.0 Å². The minimum atomic E-state index is -0.218. The number of rotatable bonds is 4. The molecule has 0 radical (unpaired) electrons. The number of hydrogen-bond donors (Lipinski definition) is 4. The lowest BCUT2D eigenvalue weighted by atomic mass is 10.1. The third-order valence-electron chi connectivity index (χ3n) is 6.31. The smallest absolute Gasteiger partial charge is 0.259 e. The van der Waals surface area contributed by atoms with Crippen molar-refractivity contribution in [2.24, 2.45) is 0 Å². The maximum Gasteiger partial charge on any atom is 0.259 e. The second-order valence-electron chi connectivity index (χ2n) is 8.47. The molecule has 0 unspecified atom stereocenters. The molecule has 0 spiro atoms. The third kappa shape index (κ3) is 3.65. The van der Waals surface area contributed by atoms with Gasteiger partial charge in [-0.15, -0.1) is 0 Å². The van der Waals surface area contributed by atoms with E-state index in [1.54, 1.807) is 18.5 Å². The first kappa shape index (κ1) is 20.4. The summed E-state index contributed by atoms with van der Waals surface area (Å²) >= 11 is 0. The fourth-order valence-electron chi connectivity index (χ4n) is 4.52. The van der Waals surface area contributed by atoms with E-state index in [0.717, 1.165) is 53.9 Å². The second-order valence-corrected chi connectivity index (χ2v) is 8.47. The summed E-state index contributed by atoms with van der Waals surface area (Å²) in [4.78, 5) is 34.5. The van der Waals surface area contributed by atoms with Gasteiger partial charge in [-0.3, -0.25) is 4.79 Å². The Kier molecular flexibility index (Phi) is 4.96. The molecular formula is C25H23N7O2. The quantitative estimate of drug-likeness (QED) is 0.328. The molecule has 6 rings (SSSR count). The molecule has 5 aromatic rings. The summed E-state index contributed by atoms with van der Waals surface area (Å²) in [6.45, 7) is 1.62. The number of fused-ring (bicyclic) bond motifs is 2. The number of anilines is 3. The van der Waals surface area contributed by atoms with Crippen LogP contribution in [0.1, 0.15) is 12.8 Å². The van der Waals surface area contributed by atoms with Crippen molar-refractivity contribution in [3.05, 3.63) is 71.5 Å². The first-order valence-corrected chi connectivity index (χ1v) is 11.3. The number of aliphatic hydroxyl groups is 1. The van der Waals surface area contributed by atoms with Crippen LogP contribution in [0.2, 0.25) is 0 Å². The zero-order valence-electron chi connectivity index (χ0n) is 18.3. The van der Waals surface area contributed by atoms with Gasteiger partial charge in [0.2, 0.25) is 0 Å². The lowest BCUT2D eigenvalue weighted by Gasteiger charge is -2.31. The molecule has 5 aromatic heterocycles. The molecule has 4 N–H and O–H groups in total. The lowest BCUT2D eigenvalue weighted by Crippen LogP contribution is -2.35. The zero-order valence-corrected chi connectivity index (χ0v) is 18.3. The first-order valence-electron chi connectivity index (χ1n) is 11.3. The van der Waals surface area contributed by atoms with Crippen molar-refractivity contribution >= 4 is 39.1 Å². The van der Waals surface area contributed by atoms with Crippen LogP contribution in [0.4, 0.5) is 17.2 Å². The van der Waals surface area contributed by atoms with Gasteiger partial charge in [0.05, 0.1) is 40.3 Å². The Labute approximate surface area is 194 Å². The molecule has 9 heteroatoms. The van der Waals surface area contributed by atoms with Crippen LogP contribution >= 0.6 is 0 Å². The van der Waals surface area contributed by atoms with Crippen LogP contribution in [0.15, 0.2) is 66.0 Å². The summed E-state index contributed by atoms with van der Waals surface area (Å²) < 4.78 is 0. The van der Waals surface area contributed by atoms with Gasteiger partial charge >= 0.3 is 0 Å². The Morgan fingerprint density at radius 2 is 1.88 bits per heavy atom. The van der Waals surface area contributed by atoms with E-state index in [-0.39, 0.29) is 11.7 Å². The fourth-order valence-corrected chi connectivity index (χ4v) is 4.52. The highest BCUT2D eigenvalue weighted by atomic mass is 16.3. The maximum atomic E-state index is 12.7. The van der Waals surface area contributed by atoms with E-state index < -0.39 is 0 Å². The van der Waals surface area contributed by atoms with Crippen molar-refractivity contribution in [2.75, 3.05) is 23.3 Å². The van der Waals surface area contributed by atoms with Crippen LogP contribution < -0.4 is 15.8 Å². The summed E-state index contributed by atoms with van der Waals surface area (Å²) in [5, 5.41) is 14.5. The molecule has 34 heavy (non-hydrogen) atoms. The molecule has 0 saturated carbocycles. The van der Waals surface area contributed by atoms with Gasteiger partial charge in [-0.2, -0.15) is 0 Å². The van der Waals surface area contributed by atoms with E-state index in [9.17, 15) is 9.90 Å². The molecule has 0 aliphatic carbocycles. The third-order valence-corrected chi connectivity index (χ3v) is 6.31. The Hall–Kier alpha value is -4.24. The largest absolute Gasteiger partial charge is 0.393 e. The fraction of sp³-hybridized carbons (Fsp3) is 0.200. The predicted molar refractivity (Wildman–Crippen MR) is 132 cm³/mol. The molecule has 0 bridgehead atoms. The summed E-state index contributed by atoms with van der Waals surface area (Å²) in [7, 11) is 0. The van der Waals surface area contributed by atoms with Crippen molar-refractivity contribution in [1.82, 2.24) is 24.9 Å². The molecule has 0 aromatic carbocycles. The Morgan fingerprint density at radius 1 is 1.03 bits per heavy atom. The van der Waals surface area contributed by atoms with Crippen LogP contribution in [0.3, 0.4) is 0 Å². The van der Waals surface area contributed by atoms with Gasteiger partial charge in [0.1, 0.15) is 11.5 Å². The molecule has 0 atom stereocenters. The molecular weight excluding hydrogens is 430 g/mol. The molecule has 1 fully saturated rings. The Bertz CT molecular complexity index is 1530. The number of pyridine rings is 4. The van der Waals surface area contributed by atoms with Crippen LogP contribution in [-0.2, 0) is 0 Å². The number of aliphatic hydroxyl groups excluding tert-OH is 1. The SMILES string of the molecule is O=c1[nH]ccc2nc(-c3ccnc4[nH]ccc34)cc(Nc3ccc(N4CCC(O)CC4)cn3)c12. The van der Waals surface area contributed by atoms with Crippen LogP contribution in [0, 0.1) is 0 Å². The van der Waals surface area contributed by atoms with E-state index in [1.165, 1.54) is 0 Å². The van der Waals surface area contributed by atoms with Crippen molar-refractivity contribution in [3.63, 3.8) is 0 Å². The average molecular weight is 454 g/mol. The summed E-state index contributed by atoms with van der Waals surface area (Å²) in [6.07, 6.45) is 8.32. The number of aromatic nitrogens is 5. The topological polar surface area (TPSA) is 123 Å². The van der Waals surface area contributed by atoms with E-state index in [0.29, 0.717) is 22.4 Å². The lowest BCUT2D eigenvalue weighted by molar-refractivity contribution is 0.145. The second kappa shape index (κ2) is 8.27. The van der Waals surface area contributed by atoms with Gasteiger partial charge in [0, 0.05) is 42.6 Å². The predicted octanol–water partition coefficient (Wildman–Crippen LogP) is 3.57. The monoisotopic (exact) mass is 453 g/mol. The standard InChI is InChI=1S/C25H23N7O2/c33-16-6-11-32(12-7-16)15-1-2-22(29-14-15)31-21-13-20(30-19-5-10-28-25(34)23(19)21)17-3-8-26-24-18(17)4-9-27-24/h1-5,8-10,13-14,16,33H,6-7,11-12H2,(H,26,27)(H,28,34)(H,29,30,31). The minimum Gasteiger partial charge on any atom is -0.393 e. The Morgan fingerprint density at radius 3 is 2.71 bits per heavy atom. The molecule has 0 amide bonds. The zero-order chi connectivity index (χ0) is 23.1. The Balaban J connectivity index is 1.39. The van der Waals surface area contributed by atoms with Crippen molar-refractivity contribution < 1.29 is 5.11 Å². The van der Waals surface area contributed by atoms with E-state index >= 15 is 0 Å². The van der Waals surface area contributed by atoms with E-state index in [2.05, 4.69) is 30.2 Å². The maximum absolute atomic E-state index is 12.7. The summed E-state index contributed by atoms with van der Waals surface area (Å²) in [5.41, 5.74) is 4.45. The highest BCUT2D eigenvalue weighted by molar-refractivity contribution is 5.98. The van der Waals surface area contributed by atoms with Gasteiger partial charge in [-0.05, 0) is 49.2 Å². The van der Waals surface area contributed by atoms with Gasteiger partial charge in [0.25, 0.3) is 5.56 Å². The molecule has 9 nitrogen and oxygen atoms in total. The van der Waals surface area contributed by atoms with Gasteiger partial charge in [-0.1, -0.05) is 0 Å². The minimum absolute atomic E-state index is 0.217. The van der Waals surface area contributed by atoms with Crippen LogP contribution in [0.25, 0.3) is 33.2 Å². The summed E-state index contributed by atoms with van der Waals surface area (Å²) in [5.74, 6) is 0.629. The first-order chi connectivity index (χ1) is 16.7. The highest BCUT2D eigenvalue weighted by Crippen LogP contribution is 2.32. The number of nitrogens with one attached hydrogen (secondary N) is 3. The molecule has 170 valence electrons. The number of H-pyrrole nitrogens is 2. The van der Waals surface area contributed by atoms with Crippen molar-refractivity contribution in [1.29, 1.82) is 0 Å². The number of aromatic amines is 2. The molecule has 1 aliphatic heterocycles. The number of piperidine rings is 1. The molecule has 6 heterocycles. The van der Waals surface area contributed by atoms with Crippen LogP contribution in [0.5, 0.6) is 0 Å². The van der Waals surface area contributed by atoms with E-state index in [1.807, 2.05) is 42.7 Å². The number of nitrogens with zero attached hydrogens (tertiary/aromatic N) is 4. The molecule has 1 saturated heterocycles.